The Morgan fingerprint density at radius 1 is 1.62 bits per heavy atom. The van der Waals surface area contributed by atoms with Crippen LogP contribution in [0.4, 0.5) is 0 Å². The van der Waals surface area contributed by atoms with Crippen LogP contribution in [-0.2, 0) is 4.79 Å². The Hall–Kier alpha value is -0.330. The van der Waals surface area contributed by atoms with Crippen LogP contribution in [0.3, 0.4) is 0 Å². The molecule has 0 saturated heterocycles. The van der Waals surface area contributed by atoms with E-state index >= 15 is 0 Å². The summed E-state index contributed by atoms with van der Waals surface area (Å²) < 4.78 is 0.803. The van der Waals surface area contributed by atoms with E-state index in [0.29, 0.717) is 10.6 Å². The lowest BCUT2D eigenvalue weighted by molar-refractivity contribution is -0.138. The van der Waals surface area contributed by atoms with Crippen molar-refractivity contribution in [1.82, 2.24) is 0 Å². The third-order valence-corrected chi connectivity index (χ3v) is 2.78. The molecule has 0 amide bonds. The predicted octanol–water partition coefficient (Wildman–Crippen LogP) is 2.03. The minimum Gasteiger partial charge on any atom is -0.480 e. The highest BCUT2D eigenvalue weighted by Gasteiger charge is 2.17. The molecule has 0 aromatic heterocycles. The maximum absolute atomic E-state index is 10.6. The monoisotopic (exact) mass is 311 g/mol. The van der Waals surface area contributed by atoms with Crippen LogP contribution in [0.2, 0.25) is 5.02 Å². The van der Waals surface area contributed by atoms with Gasteiger partial charge in [0.15, 0.2) is 0 Å². The van der Waals surface area contributed by atoms with Gasteiger partial charge in [-0.05, 0) is 46.4 Å². The molecule has 0 saturated carbocycles. The van der Waals surface area contributed by atoms with Crippen molar-refractivity contribution in [3.05, 3.63) is 32.4 Å². The van der Waals surface area contributed by atoms with Crippen molar-refractivity contribution in [3.8, 4) is 0 Å². The lowest BCUT2D eigenvalue weighted by atomic mass is 10.1. The summed E-state index contributed by atoms with van der Waals surface area (Å²) in [5, 5.41) is 9.17. The maximum atomic E-state index is 10.6. The summed E-state index contributed by atoms with van der Waals surface area (Å²) in [5.74, 6) is -1.06. The number of nitrogens with two attached hydrogens (primary N) is 1. The zero-order valence-corrected chi connectivity index (χ0v) is 9.41. The standard InChI is InChI=1S/C8H7ClINO2/c9-4-1-2-6(10)5(3-4)7(11)8(12)13/h1-3,7H,11H2,(H,12,13)/t7-/m0/s1. The maximum Gasteiger partial charge on any atom is 0.325 e. The summed E-state index contributed by atoms with van der Waals surface area (Å²) in [6.07, 6.45) is 0. The molecule has 3 N–H and O–H groups in total. The van der Waals surface area contributed by atoms with E-state index in [9.17, 15) is 4.79 Å². The highest BCUT2D eigenvalue weighted by molar-refractivity contribution is 14.1. The van der Waals surface area contributed by atoms with Gasteiger partial charge in [0.05, 0.1) is 0 Å². The highest BCUT2D eigenvalue weighted by Crippen LogP contribution is 2.22. The molecular weight excluding hydrogens is 304 g/mol. The van der Waals surface area contributed by atoms with Crippen LogP contribution in [0.15, 0.2) is 18.2 Å². The Kier molecular flexibility index (Phi) is 3.52. The van der Waals surface area contributed by atoms with Crippen molar-refractivity contribution in [2.75, 3.05) is 0 Å². The molecule has 1 atom stereocenters. The normalized spacial score (nSPS) is 12.5. The largest absolute Gasteiger partial charge is 0.480 e. The summed E-state index contributed by atoms with van der Waals surface area (Å²) in [5.41, 5.74) is 5.99. The van der Waals surface area contributed by atoms with E-state index in [1.54, 1.807) is 18.2 Å². The molecule has 0 spiro atoms. The molecule has 0 radical (unpaired) electrons. The van der Waals surface area contributed by atoms with Crippen molar-refractivity contribution in [2.45, 2.75) is 6.04 Å². The van der Waals surface area contributed by atoms with Gasteiger partial charge >= 0.3 is 5.97 Å². The van der Waals surface area contributed by atoms with Crippen LogP contribution >= 0.6 is 34.2 Å². The zero-order valence-electron chi connectivity index (χ0n) is 6.50. The van der Waals surface area contributed by atoms with E-state index in [4.69, 9.17) is 22.4 Å². The third kappa shape index (κ3) is 2.55. The average molecular weight is 312 g/mol. The Morgan fingerprint density at radius 3 is 2.77 bits per heavy atom. The van der Waals surface area contributed by atoms with Gasteiger partial charge in [-0.3, -0.25) is 4.79 Å². The molecule has 1 rings (SSSR count). The van der Waals surface area contributed by atoms with Gasteiger partial charge in [-0.15, -0.1) is 0 Å². The Morgan fingerprint density at radius 2 is 2.23 bits per heavy atom. The first-order valence-electron chi connectivity index (χ1n) is 3.45. The fraction of sp³-hybridized carbons (Fsp3) is 0.125. The molecule has 1 aromatic rings. The minimum atomic E-state index is -1.06. The molecule has 0 aliphatic carbocycles. The van der Waals surface area contributed by atoms with Gasteiger partial charge in [0.2, 0.25) is 0 Å². The van der Waals surface area contributed by atoms with Crippen LogP contribution in [-0.4, -0.2) is 11.1 Å². The lowest BCUT2D eigenvalue weighted by Crippen LogP contribution is -2.21. The molecule has 3 nitrogen and oxygen atoms in total. The molecule has 0 fully saturated rings. The van der Waals surface area contributed by atoms with Gasteiger partial charge < -0.3 is 10.8 Å². The second-order valence-electron chi connectivity index (χ2n) is 2.48. The second-order valence-corrected chi connectivity index (χ2v) is 4.08. The van der Waals surface area contributed by atoms with Gasteiger partial charge in [-0.2, -0.15) is 0 Å². The van der Waals surface area contributed by atoms with E-state index in [-0.39, 0.29) is 0 Å². The number of carboxylic acids is 1. The number of benzene rings is 1. The molecule has 5 heteroatoms. The van der Waals surface area contributed by atoms with Crippen molar-refractivity contribution >= 4 is 40.2 Å². The molecule has 0 bridgehead atoms. The van der Waals surface area contributed by atoms with Crippen LogP contribution in [0.25, 0.3) is 0 Å². The first-order valence-corrected chi connectivity index (χ1v) is 4.91. The van der Waals surface area contributed by atoms with E-state index in [1.165, 1.54) is 0 Å². The smallest absolute Gasteiger partial charge is 0.325 e. The molecule has 13 heavy (non-hydrogen) atoms. The Labute approximate surface area is 94.0 Å². The molecule has 70 valence electrons. The highest BCUT2D eigenvalue weighted by atomic mass is 127. The summed E-state index contributed by atoms with van der Waals surface area (Å²) in [4.78, 5) is 10.6. The molecule has 0 aliphatic rings. The number of rotatable bonds is 2. The number of carbonyl (C=O) groups is 1. The number of hydrogen-bond acceptors (Lipinski definition) is 2. The van der Waals surface area contributed by atoms with E-state index in [1.807, 2.05) is 22.6 Å². The van der Waals surface area contributed by atoms with E-state index in [0.717, 1.165) is 3.57 Å². The SMILES string of the molecule is N[C@H](C(=O)O)c1cc(Cl)ccc1I. The summed E-state index contributed by atoms with van der Waals surface area (Å²) in [7, 11) is 0. The quantitative estimate of drug-likeness (QED) is 0.822. The third-order valence-electron chi connectivity index (χ3n) is 1.56. The number of halogens is 2. The number of hydrogen-bond donors (Lipinski definition) is 2. The molecule has 0 unspecified atom stereocenters. The van der Waals surface area contributed by atoms with E-state index < -0.39 is 12.0 Å². The van der Waals surface area contributed by atoms with Crippen LogP contribution in [0.5, 0.6) is 0 Å². The van der Waals surface area contributed by atoms with Gasteiger partial charge in [0.1, 0.15) is 6.04 Å². The van der Waals surface area contributed by atoms with E-state index in [2.05, 4.69) is 0 Å². The van der Waals surface area contributed by atoms with Crippen LogP contribution in [0, 0.1) is 3.57 Å². The Bertz CT molecular complexity index is 343. The van der Waals surface area contributed by atoms with Gasteiger partial charge in [-0.1, -0.05) is 11.6 Å². The van der Waals surface area contributed by atoms with Crippen molar-refractivity contribution < 1.29 is 9.90 Å². The summed E-state index contributed by atoms with van der Waals surface area (Å²) in [6, 6.07) is 4.00. The fourth-order valence-corrected chi connectivity index (χ4v) is 1.74. The molecule has 0 aliphatic heterocycles. The minimum absolute atomic E-state index is 0.493. The van der Waals surface area contributed by atoms with Crippen molar-refractivity contribution in [3.63, 3.8) is 0 Å². The molecular formula is C8H7ClINO2. The second kappa shape index (κ2) is 4.26. The van der Waals surface area contributed by atoms with Gasteiger partial charge in [0.25, 0.3) is 0 Å². The van der Waals surface area contributed by atoms with Crippen LogP contribution < -0.4 is 5.73 Å². The van der Waals surface area contributed by atoms with Crippen molar-refractivity contribution in [1.29, 1.82) is 0 Å². The zero-order chi connectivity index (χ0) is 10.0. The number of aliphatic carboxylic acids is 1. The summed E-state index contributed by atoms with van der Waals surface area (Å²) in [6.45, 7) is 0. The first-order chi connectivity index (χ1) is 6.02. The van der Waals surface area contributed by atoms with Crippen LogP contribution in [0.1, 0.15) is 11.6 Å². The molecule has 0 heterocycles. The predicted molar refractivity (Wildman–Crippen MR) is 58.7 cm³/mol. The number of carboxylic acid groups (broad SMARTS) is 1. The topological polar surface area (TPSA) is 63.3 Å². The van der Waals surface area contributed by atoms with Gasteiger partial charge in [-0.25, -0.2) is 0 Å². The van der Waals surface area contributed by atoms with Crippen molar-refractivity contribution in [2.24, 2.45) is 5.73 Å². The molecule has 1 aromatic carbocycles. The van der Waals surface area contributed by atoms with Gasteiger partial charge in [0, 0.05) is 8.59 Å². The average Bonchev–Trinajstić information content (AvgIpc) is 2.08. The fourth-order valence-electron chi connectivity index (χ4n) is 0.886. The first kappa shape index (κ1) is 10.7. The summed E-state index contributed by atoms with van der Waals surface area (Å²) >= 11 is 7.74. The Balaban J connectivity index is 3.12. The lowest BCUT2D eigenvalue weighted by Gasteiger charge is -2.09.